The lowest BCUT2D eigenvalue weighted by atomic mass is 9.86. The number of rotatable bonds is 6. The molecule has 2 N–H and O–H groups in total. The number of carbonyl (C=O) groups is 1. The highest BCUT2D eigenvalue weighted by molar-refractivity contribution is 7.19. The molecule has 0 saturated carbocycles. The van der Waals surface area contributed by atoms with Gasteiger partial charge in [0.05, 0.1) is 0 Å². The van der Waals surface area contributed by atoms with Gasteiger partial charge in [0.1, 0.15) is 4.70 Å². The van der Waals surface area contributed by atoms with Crippen molar-refractivity contribution in [1.82, 2.24) is 5.32 Å². The molecule has 1 amide bonds. The molecule has 0 spiro atoms. The highest BCUT2D eigenvalue weighted by atomic mass is 35.5. The van der Waals surface area contributed by atoms with Crippen LogP contribution in [0, 0.1) is 0 Å². The van der Waals surface area contributed by atoms with E-state index in [1.54, 1.807) is 0 Å². The van der Waals surface area contributed by atoms with Crippen LogP contribution in [0.5, 0.6) is 0 Å². The smallest absolute Gasteiger partial charge is 0.327 e. The number of thiazole rings is 1. The van der Waals surface area contributed by atoms with Crippen LogP contribution in [0.25, 0.3) is 10.2 Å². The summed E-state index contributed by atoms with van der Waals surface area (Å²) in [6, 6.07) is 23.5. The molecule has 0 aliphatic rings. The Morgan fingerprint density at radius 2 is 1.60 bits per heavy atom. The summed E-state index contributed by atoms with van der Waals surface area (Å²) in [4.78, 5) is 16.2. The third kappa shape index (κ3) is 4.84. The molecular weight excluding hydrogens is 435 g/mol. The van der Waals surface area contributed by atoms with Gasteiger partial charge in [-0.3, -0.25) is 4.79 Å². The van der Waals surface area contributed by atoms with Crippen molar-refractivity contribution in [1.29, 1.82) is 0 Å². The predicted octanol–water partition coefficient (Wildman–Crippen LogP) is 6.17. The predicted molar refractivity (Wildman–Crippen MR) is 125 cm³/mol. The number of nitrogens with one attached hydrogen (secondary N) is 2. The first-order valence-electron chi connectivity index (χ1n) is 9.71. The van der Waals surface area contributed by atoms with Crippen molar-refractivity contribution in [2.24, 2.45) is 0 Å². The molecule has 30 heavy (non-hydrogen) atoms. The van der Waals surface area contributed by atoms with E-state index in [-0.39, 0.29) is 17.9 Å². The maximum atomic E-state index is 12.9. The number of amides is 1. The van der Waals surface area contributed by atoms with Gasteiger partial charge >= 0.3 is 10.9 Å². The van der Waals surface area contributed by atoms with Crippen molar-refractivity contribution in [3.63, 3.8) is 0 Å². The van der Waals surface area contributed by atoms with Gasteiger partial charge in [-0.25, -0.2) is 0 Å². The van der Waals surface area contributed by atoms with Gasteiger partial charge in [0, 0.05) is 28.1 Å². The zero-order valence-corrected chi connectivity index (χ0v) is 18.7. The van der Waals surface area contributed by atoms with Crippen molar-refractivity contribution >= 4 is 50.7 Å². The Bertz CT molecular complexity index is 1120. The maximum Gasteiger partial charge on any atom is 0.327 e. The number of benzene rings is 3. The highest BCUT2D eigenvalue weighted by Crippen LogP contribution is 2.27. The second kappa shape index (κ2) is 9.17. The summed E-state index contributed by atoms with van der Waals surface area (Å²) >= 11 is 13.6. The summed E-state index contributed by atoms with van der Waals surface area (Å²) in [7, 11) is 0. The van der Waals surface area contributed by atoms with E-state index < -0.39 is 0 Å². The Kier molecular flexibility index (Phi) is 6.38. The summed E-state index contributed by atoms with van der Waals surface area (Å²) in [6.07, 6.45) is 0.774. The fourth-order valence-electron chi connectivity index (χ4n) is 3.56. The molecule has 0 unspecified atom stereocenters. The van der Waals surface area contributed by atoms with Crippen molar-refractivity contribution in [3.05, 3.63) is 99.0 Å². The van der Waals surface area contributed by atoms with Crippen LogP contribution in [0.2, 0.25) is 10.0 Å². The number of fused-ring (bicyclic) bond motifs is 1. The van der Waals surface area contributed by atoms with E-state index in [0.717, 1.165) is 27.8 Å². The minimum atomic E-state index is -0.0984. The third-order valence-corrected chi connectivity index (χ3v) is 6.75. The Hall–Kier alpha value is -2.40. The molecule has 2 atom stereocenters. The average molecular weight is 456 g/mol. The lowest BCUT2D eigenvalue weighted by Gasteiger charge is -2.25. The molecule has 0 fully saturated rings. The van der Waals surface area contributed by atoms with Crippen molar-refractivity contribution < 1.29 is 9.78 Å². The Balaban J connectivity index is 1.57. The van der Waals surface area contributed by atoms with Crippen LogP contribution in [-0.2, 0) is 6.42 Å². The Morgan fingerprint density at radius 1 is 0.967 bits per heavy atom. The second-order valence-electron chi connectivity index (χ2n) is 7.30. The van der Waals surface area contributed by atoms with Crippen LogP contribution in [-0.4, -0.2) is 11.9 Å². The minimum Gasteiger partial charge on any atom is -0.343 e. The van der Waals surface area contributed by atoms with Gasteiger partial charge in [0.15, 0.2) is 0 Å². The number of hydrogen-bond donors (Lipinski definition) is 1. The average Bonchev–Trinajstić information content (AvgIpc) is 3.18. The van der Waals surface area contributed by atoms with Crippen LogP contribution < -0.4 is 10.3 Å². The summed E-state index contributed by atoms with van der Waals surface area (Å²) in [5.74, 6) is -0.0134. The summed E-state index contributed by atoms with van der Waals surface area (Å²) in [6.45, 7) is 2.04. The minimum absolute atomic E-state index is 0.0850. The Labute approximate surface area is 189 Å². The van der Waals surface area contributed by atoms with Crippen LogP contribution in [0.4, 0.5) is 0 Å². The monoisotopic (exact) mass is 455 g/mol. The molecule has 6 heteroatoms. The molecule has 1 aromatic heterocycles. The normalized spacial score (nSPS) is 13.2. The molecule has 0 aliphatic carbocycles. The molecule has 0 bridgehead atoms. The number of aromatic amines is 1. The molecular formula is C24H21Cl2N2OS+. The van der Waals surface area contributed by atoms with Crippen LogP contribution in [0.3, 0.4) is 0 Å². The van der Waals surface area contributed by atoms with E-state index in [0.29, 0.717) is 15.1 Å². The molecule has 0 radical (unpaired) electrons. The van der Waals surface area contributed by atoms with E-state index in [4.69, 9.17) is 23.2 Å². The maximum absolute atomic E-state index is 12.9. The highest BCUT2D eigenvalue weighted by Gasteiger charge is 2.26. The molecule has 152 valence electrons. The van der Waals surface area contributed by atoms with Crippen molar-refractivity contribution in [3.8, 4) is 0 Å². The third-order valence-electron chi connectivity index (χ3n) is 5.18. The van der Waals surface area contributed by atoms with Crippen LogP contribution in [0.15, 0.2) is 72.8 Å². The molecule has 0 aliphatic heterocycles. The standard InChI is InChI=1S/C24H20Cl2N2OS/c1-15(27-23(29)24-28-21-4-2-3-5-22(21)30-24)20(17-8-12-19(26)13-9-17)14-16-6-10-18(25)11-7-16/h2-13,15,20H,14H2,1H3,(H,27,29)/p+1/t15-,20+/m1/s1. The Morgan fingerprint density at radius 3 is 2.27 bits per heavy atom. The van der Waals surface area contributed by atoms with Gasteiger partial charge in [-0.2, -0.15) is 4.98 Å². The molecule has 1 heterocycles. The first-order valence-corrected chi connectivity index (χ1v) is 11.3. The topological polar surface area (TPSA) is 43.2 Å². The molecule has 3 nitrogen and oxygen atoms in total. The molecule has 4 rings (SSSR count). The van der Waals surface area contributed by atoms with E-state index in [1.807, 2.05) is 79.7 Å². The van der Waals surface area contributed by atoms with E-state index >= 15 is 0 Å². The second-order valence-corrected chi connectivity index (χ2v) is 9.23. The lowest BCUT2D eigenvalue weighted by Crippen LogP contribution is -2.39. The number of H-pyrrole nitrogens is 1. The van der Waals surface area contributed by atoms with E-state index in [2.05, 4.69) is 10.3 Å². The zero-order chi connectivity index (χ0) is 21.1. The van der Waals surface area contributed by atoms with E-state index in [1.165, 1.54) is 11.3 Å². The fourth-order valence-corrected chi connectivity index (χ4v) is 4.72. The van der Waals surface area contributed by atoms with Crippen molar-refractivity contribution in [2.45, 2.75) is 25.3 Å². The number of halogens is 2. The van der Waals surface area contributed by atoms with Crippen LogP contribution in [0.1, 0.15) is 33.8 Å². The first-order chi connectivity index (χ1) is 14.5. The van der Waals surface area contributed by atoms with Gasteiger partial charge in [-0.15, -0.1) is 0 Å². The summed E-state index contributed by atoms with van der Waals surface area (Å²) in [5.41, 5.74) is 3.26. The fraction of sp³-hybridized carbons (Fsp3) is 0.167. The lowest BCUT2D eigenvalue weighted by molar-refractivity contribution is -0.342. The van der Waals surface area contributed by atoms with Gasteiger partial charge in [0.25, 0.3) is 0 Å². The van der Waals surface area contributed by atoms with Crippen molar-refractivity contribution in [2.75, 3.05) is 0 Å². The van der Waals surface area contributed by atoms with Gasteiger partial charge in [0.2, 0.25) is 5.52 Å². The largest absolute Gasteiger partial charge is 0.343 e. The first kappa shape index (κ1) is 20.9. The number of aromatic nitrogens is 1. The zero-order valence-electron chi connectivity index (χ0n) is 16.4. The van der Waals surface area contributed by atoms with E-state index in [9.17, 15) is 4.79 Å². The number of hydrogen-bond acceptors (Lipinski definition) is 2. The molecule has 4 aromatic rings. The number of carbonyl (C=O) groups excluding carboxylic acids is 1. The summed E-state index contributed by atoms with van der Waals surface area (Å²) in [5, 5.41) is 5.19. The molecule has 0 saturated heterocycles. The van der Waals surface area contributed by atoms with Gasteiger partial charge in [-0.1, -0.05) is 70.9 Å². The van der Waals surface area contributed by atoms with Gasteiger partial charge < -0.3 is 5.32 Å². The van der Waals surface area contributed by atoms with Gasteiger partial charge in [-0.05, 0) is 54.8 Å². The quantitative estimate of drug-likeness (QED) is 0.371. The molecule has 3 aromatic carbocycles. The van der Waals surface area contributed by atoms with Crippen LogP contribution >= 0.6 is 34.5 Å². The summed E-state index contributed by atoms with van der Waals surface area (Å²) < 4.78 is 1.06. The number of para-hydroxylation sites is 1. The SMILES string of the molecule is C[C@@H](NC(=O)c1[nH+]c2ccccc2s1)[C@H](Cc1ccc(Cl)cc1)c1ccc(Cl)cc1.